The molecule has 0 saturated heterocycles. The van der Waals surface area contributed by atoms with Crippen LogP contribution in [0, 0.1) is 10.1 Å². The largest absolute Gasteiger partial charge is 0.508 e. The van der Waals surface area contributed by atoms with Gasteiger partial charge in [-0.3, -0.25) is 10.1 Å². The maximum absolute atomic E-state index is 11.1. The molecule has 0 fully saturated rings. The summed E-state index contributed by atoms with van der Waals surface area (Å²) in [5, 5.41) is 20.9. The molecule has 0 aromatic heterocycles. The first-order valence-electron chi connectivity index (χ1n) is 8.06. The van der Waals surface area contributed by atoms with Crippen LogP contribution in [0.5, 0.6) is 5.75 Å². The molecule has 5 heteroatoms. The minimum atomic E-state index is -0.517. The molecule has 126 valence electrons. The lowest BCUT2D eigenvalue weighted by atomic mass is 9.96. The molecule has 0 atom stereocenters. The highest BCUT2D eigenvalue weighted by Crippen LogP contribution is 2.38. The molecule has 3 aromatic carbocycles. The number of non-ortho nitro benzene ring substituents is 1. The fourth-order valence-electron chi connectivity index (χ4n) is 3.04. The number of phenolic OH excluding ortho intramolecular Hbond substituents is 1. The van der Waals surface area contributed by atoms with E-state index in [4.69, 9.17) is 4.99 Å². The van der Waals surface area contributed by atoms with E-state index in [0.717, 1.165) is 34.2 Å². The number of nitrogens with zero attached hydrogens (tertiary/aromatic N) is 2. The van der Waals surface area contributed by atoms with Crippen molar-refractivity contribution in [3.63, 3.8) is 0 Å². The molecule has 0 saturated carbocycles. The fourth-order valence-corrected chi connectivity index (χ4v) is 3.04. The lowest BCUT2D eigenvalue weighted by Crippen LogP contribution is -1.99. The molecule has 1 heterocycles. The Labute approximate surface area is 149 Å². The summed E-state index contributed by atoms with van der Waals surface area (Å²) < 4.78 is 0. The Kier molecular flexibility index (Phi) is 3.82. The second kappa shape index (κ2) is 6.29. The number of para-hydroxylation sites is 1. The van der Waals surface area contributed by atoms with Gasteiger partial charge in [-0.05, 0) is 23.8 Å². The van der Waals surface area contributed by atoms with Crippen LogP contribution >= 0.6 is 0 Å². The topological polar surface area (TPSA) is 75.7 Å². The maximum atomic E-state index is 11.1. The number of fused-ring (bicyclic) bond motifs is 1. The number of nitro groups is 1. The van der Waals surface area contributed by atoms with E-state index < -0.39 is 4.92 Å². The van der Waals surface area contributed by atoms with E-state index in [1.54, 1.807) is 0 Å². The Balaban J connectivity index is 1.89. The maximum Gasteiger partial charge on any atom is 0.273 e. The van der Waals surface area contributed by atoms with Crippen molar-refractivity contribution < 1.29 is 10.0 Å². The van der Waals surface area contributed by atoms with Crippen molar-refractivity contribution in [1.82, 2.24) is 0 Å². The number of nitro benzene ring substituents is 1. The summed E-state index contributed by atoms with van der Waals surface area (Å²) in [6, 6.07) is 21.6. The Bertz CT molecular complexity index is 1070. The van der Waals surface area contributed by atoms with Crippen LogP contribution in [0.25, 0.3) is 11.6 Å². The standard InChI is InChI=1S/C21H14N2O3/c24-17-11-14(10-16(13-17)23(25)26)12-19-18-8-4-5-9-20(18)22-21(19)15-6-2-1-3-7-15/h1-13,24H. The predicted octanol–water partition coefficient (Wildman–Crippen LogP) is 4.98. The lowest BCUT2D eigenvalue weighted by molar-refractivity contribution is -0.384. The van der Waals surface area contributed by atoms with E-state index in [-0.39, 0.29) is 11.4 Å². The van der Waals surface area contributed by atoms with E-state index in [1.807, 2.05) is 60.7 Å². The third-order valence-electron chi connectivity index (χ3n) is 4.18. The minimum absolute atomic E-state index is 0.143. The first-order chi connectivity index (χ1) is 12.6. The van der Waals surface area contributed by atoms with Crippen molar-refractivity contribution in [2.45, 2.75) is 0 Å². The van der Waals surface area contributed by atoms with Crippen molar-refractivity contribution in [2.75, 3.05) is 0 Å². The van der Waals surface area contributed by atoms with Crippen LogP contribution in [0.4, 0.5) is 11.4 Å². The van der Waals surface area contributed by atoms with Crippen LogP contribution in [0.3, 0.4) is 0 Å². The first kappa shape index (κ1) is 15.8. The van der Waals surface area contributed by atoms with Crippen LogP contribution in [-0.2, 0) is 0 Å². The van der Waals surface area contributed by atoms with Crippen molar-refractivity contribution in [3.05, 3.63) is 99.6 Å². The van der Waals surface area contributed by atoms with Crippen LogP contribution in [0.2, 0.25) is 0 Å². The molecule has 3 aromatic rings. The van der Waals surface area contributed by atoms with Gasteiger partial charge in [-0.1, -0.05) is 48.5 Å². The van der Waals surface area contributed by atoms with Crippen molar-refractivity contribution in [1.29, 1.82) is 0 Å². The molecule has 0 aliphatic carbocycles. The summed E-state index contributed by atoms with van der Waals surface area (Å²) in [6.07, 6.45) is 1.82. The van der Waals surface area contributed by atoms with Gasteiger partial charge in [0.15, 0.2) is 0 Å². The van der Waals surface area contributed by atoms with Gasteiger partial charge < -0.3 is 5.11 Å². The molecule has 1 aliphatic heterocycles. The Morgan fingerprint density at radius 3 is 2.46 bits per heavy atom. The Morgan fingerprint density at radius 2 is 1.69 bits per heavy atom. The SMILES string of the molecule is O=[N+]([O-])c1cc(O)cc(C=C2C(c3ccccc3)=Nc3ccccc32)c1. The molecule has 4 rings (SSSR count). The van der Waals surface area contributed by atoms with Crippen molar-refractivity contribution in [2.24, 2.45) is 4.99 Å². The van der Waals surface area contributed by atoms with Crippen LogP contribution < -0.4 is 0 Å². The molecule has 0 amide bonds. The highest BCUT2D eigenvalue weighted by molar-refractivity contribution is 6.38. The third-order valence-corrected chi connectivity index (χ3v) is 4.18. The molecule has 0 radical (unpaired) electrons. The third kappa shape index (κ3) is 2.86. The molecule has 0 spiro atoms. The Hall–Kier alpha value is -3.73. The summed E-state index contributed by atoms with van der Waals surface area (Å²) >= 11 is 0. The predicted molar refractivity (Wildman–Crippen MR) is 102 cm³/mol. The van der Waals surface area contributed by atoms with Gasteiger partial charge in [-0.2, -0.15) is 0 Å². The number of hydrogen-bond donors (Lipinski definition) is 1. The zero-order valence-corrected chi connectivity index (χ0v) is 13.7. The average molecular weight is 342 g/mol. The zero-order valence-electron chi connectivity index (χ0n) is 13.7. The van der Waals surface area contributed by atoms with E-state index in [1.165, 1.54) is 12.1 Å². The quantitative estimate of drug-likeness (QED) is 0.539. The van der Waals surface area contributed by atoms with Gasteiger partial charge in [-0.15, -0.1) is 0 Å². The first-order valence-corrected chi connectivity index (χ1v) is 8.06. The summed E-state index contributed by atoms with van der Waals surface area (Å²) in [4.78, 5) is 15.3. The zero-order chi connectivity index (χ0) is 18.1. The number of benzene rings is 3. The Morgan fingerprint density at radius 1 is 0.962 bits per heavy atom. The van der Waals surface area contributed by atoms with E-state index in [2.05, 4.69) is 0 Å². The molecule has 5 nitrogen and oxygen atoms in total. The van der Waals surface area contributed by atoms with Gasteiger partial charge in [0.25, 0.3) is 5.69 Å². The van der Waals surface area contributed by atoms with Gasteiger partial charge in [0.05, 0.1) is 22.4 Å². The van der Waals surface area contributed by atoms with Crippen LogP contribution in [0.15, 0.2) is 77.8 Å². The van der Waals surface area contributed by atoms with Gasteiger partial charge in [-0.25, -0.2) is 4.99 Å². The number of aliphatic imine (C=N–C) groups is 1. The van der Waals surface area contributed by atoms with Crippen LogP contribution in [0.1, 0.15) is 16.7 Å². The molecule has 0 unspecified atom stereocenters. The second-order valence-electron chi connectivity index (χ2n) is 5.94. The van der Waals surface area contributed by atoms with E-state index in [0.29, 0.717) is 5.56 Å². The van der Waals surface area contributed by atoms with Crippen LogP contribution in [-0.4, -0.2) is 15.7 Å². The van der Waals surface area contributed by atoms with Gasteiger partial charge >= 0.3 is 0 Å². The molecular weight excluding hydrogens is 328 g/mol. The molecular formula is C21H14N2O3. The minimum Gasteiger partial charge on any atom is -0.508 e. The van der Waals surface area contributed by atoms with E-state index >= 15 is 0 Å². The second-order valence-corrected chi connectivity index (χ2v) is 5.94. The average Bonchev–Trinajstić information content (AvgIpc) is 3.00. The van der Waals surface area contributed by atoms with Gasteiger partial charge in [0.2, 0.25) is 0 Å². The summed E-state index contributed by atoms with van der Waals surface area (Å²) in [7, 11) is 0. The normalized spacial score (nSPS) is 14.2. The van der Waals surface area contributed by atoms with Gasteiger partial charge in [0, 0.05) is 22.8 Å². The van der Waals surface area contributed by atoms with Crippen molar-refractivity contribution in [3.8, 4) is 5.75 Å². The number of hydrogen-bond acceptors (Lipinski definition) is 4. The number of rotatable bonds is 3. The van der Waals surface area contributed by atoms with Gasteiger partial charge in [0.1, 0.15) is 5.75 Å². The number of aromatic hydroxyl groups is 1. The fraction of sp³-hybridized carbons (Fsp3) is 0. The summed E-state index contributed by atoms with van der Waals surface area (Å²) in [5.74, 6) is -0.143. The number of allylic oxidation sites excluding steroid dienone is 1. The molecule has 0 bridgehead atoms. The molecule has 26 heavy (non-hydrogen) atoms. The van der Waals surface area contributed by atoms with E-state index in [9.17, 15) is 15.2 Å². The molecule has 1 aliphatic rings. The highest BCUT2D eigenvalue weighted by Gasteiger charge is 2.22. The lowest BCUT2D eigenvalue weighted by Gasteiger charge is -2.06. The molecule has 1 N–H and O–H groups in total. The summed E-state index contributed by atoms with van der Waals surface area (Å²) in [5.41, 5.74) is 4.84. The smallest absolute Gasteiger partial charge is 0.273 e. The van der Waals surface area contributed by atoms with Crippen molar-refractivity contribution >= 4 is 28.7 Å². The highest BCUT2D eigenvalue weighted by atomic mass is 16.6. The monoisotopic (exact) mass is 342 g/mol. The summed E-state index contributed by atoms with van der Waals surface area (Å²) in [6.45, 7) is 0. The number of phenols is 1.